The Morgan fingerprint density at radius 2 is 2.00 bits per heavy atom. The first kappa shape index (κ1) is 12.7. The van der Waals surface area contributed by atoms with Crippen LogP contribution in [0, 0.1) is 0 Å². The van der Waals surface area contributed by atoms with Crippen LogP contribution in [0.5, 0.6) is 0 Å². The monoisotopic (exact) mass is 243 g/mol. The minimum absolute atomic E-state index is 0.633. The lowest BCUT2D eigenvalue weighted by Gasteiger charge is -2.11. The summed E-state index contributed by atoms with van der Waals surface area (Å²) in [6.07, 6.45) is 4.96. The first-order chi connectivity index (χ1) is 8.70. The van der Waals surface area contributed by atoms with Crippen molar-refractivity contribution >= 4 is 5.69 Å². The number of imidazole rings is 1. The van der Waals surface area contributed by atoms with Gasteiger partial charge in [0.2, 0.25) is 0 Å². The maximum Gasteiger partial charge on any atom is 0.127 e. The summed E-state index contributed by atoms with van der Waals surface area (Å²) in [5.41, 5.74) is 2.55. The fourth-order valence-electron chi connectivity index (χ4n) is 1.91. The van der Waals surface area contributed by atoms with Gasteiger partial charge < -0.3 is 9.88 Å². The van der Waals surface area contributed by atoms with Crippen LogP contribution in [0.15, 0.2) is 36.7 Å². The zero-order valence-corrected chi connectivity index (χ0v) is 11.4. The Hall–Kier alpha value is -1.77. The molecule has 0 amide bonds. The second-order valence-corrected chi connectivity index (χ2v) is 4.74. The molecule has 0 bridgehead atoms. The summed E-state index contributed by atoms with van der Waals surface area (Å²) in [4.78, 5) is 4.29. The molecular formula is C15H21N3. The highest BCUT2D eigenvalue weighted by molar-refractivity contribution is 5.45. The molecule has 18 heavy (non-hydrogen) atoms. The Kier molecular flexibility index (Phi) is 4.03. The van der Waals surface area contributed by atoms with E-state index in [4.69, 9.17) is 0 Å². The van der Waals surface area contributed by atoms with Crippen LogP contribution < -0.4 is 5.32 Å². The van der Waals surface area contributed by atoms with Gasteiger partial charge in [0, 0.05) is 25.1 Å². The highest BCUT2D eigenvalue weighted by Gasteiger charge is 2.03. The first-order valence-corrected chi connectivity index (χ1v) is 6.50. The molecule has 2 rings (SSSR count). The second kappa shape index (κ2) is 5.71. The number of rotatable bonds is 5. The molecule has 0 radical (unpaired) electrons. The van der Waals surface area contributed by atoms with Crippen LogP contribution in [0.1, 0.15) is 37.6 Å². The van der Waals surface area contributed by atoms with Gasteiger partial charge in [-0.15, -0.1) is 0 Å². The highest BCUT2D eigenvalue weighted by atomic mass is 15.1. The molecule has 0 spiro atoms. The van der Waals surface area contributed by atoms with E-state index in [1.165, 1.54) is 12.0 Å². The average molecular weight is 243 g/mol. The number of aromatic nitrogens is 2. The molecule has 1 N–H and O–H groups in total. The van der Waals surface area contributed by atoms with Crippen molar-refractivity contribution in [3.63, 3.8) is 0 Å². The van der Waals surface area contributed by atoms with Crippen LogP contribution in [0.2, 0.25) is 0 Å². The Morgan fingerprint density at radius 1 is 1.28 bits per heavy atom. The fourth-order valence-corrected chi connectivity index (χ4v) is 1.91. The molecule has 96 valence electrons. The number of hydrogen-bond acceptors (Lipinski definition) is 2. The zero-order valence-electron chi connectivity index (χ0n) is 11.4. The molecule has 1 unspecified atom stereocenters. The number of aryl methyl sites for hydroxylation is 1. The molecule has 0 saturated carbocycles. The Morgan fingerprint density at radius 3 is 2.56 bits per heavy atom. The Balaban J connectivity index is 1.96. The third-order valence-corrected chi connectivity index (χ3v) is 3.46. The smallest absolute Gasteiger partial charge is 0.127 e. The highest BCUT2D eigenvalue weighted by Crippen LogP contribution is 2.20. The van der Waals surface area contributed by atoms with E-state index in [1.807, 2.05) is 24.0 Å². The van der Waals surface area contributed by atoms with Crippen LogP contribution in [0.3, 0.4) is 0 Å². The molecule has 1 aromatic carbocycles. The normalized spacial score (nSPS) is 12.4. The lowest BCUT2D eigenvalue weighted by molar-refractivity contribution is 0.733. The molecule has 1 aromatic heterocycles. The van der Waals surface area contributed by atoms with Crippen molar-refractivity contribution in [2.75, 3.05) is 5.32 Å². The van der Waals surface area contributed by atoms with Gasteiger partial charge in [0.1, 0.15) is 5.82 Å². The van der Waals surface area contributed by atoms with E-state index < -0.39 is 0 Å². The fraction of sp³-hybridized carbons (Fsp3) is 0.400. The largest absolute Gasteiger partial charge is 0.378 e. The third-order valence-electron chi connectivity index (χ3n) is 3.46. The topological polar surface area (TPSA) is 29.9 Å². The maximum absolute atomic E-state index is 4.29. The quantitative estimate of drug-likeness (QED) is 0.870. The van der Waals surface area contributed by atoms with Gasteiger partial charge in [0.25, 0.3) is 0 Å². The Labute approximate surface area is 109 Å². The van der Waals surface area contributed by atoms with Gasteiger partial charge in [-0.1, -0.05) is 26.0 Å². The van der Waals surface area contributed by atoms with E-state index in [1.54, 1.807) is 0 Å². The summed E-state index contributed by atoms with van der Waals surface area (Å²) in [6, 6.07) is 8.69. The molecule has 1 atom stereocenters. The number of anilines is 1. The van der Waals surface area contributed by atoms with Crippen molar-refractivity contribution in [1.29, 1.82) is 0 Å². The van der Waals surface area contributed by atoms with Gasteiger partial charge in [-0.2, -0.15) is 0 Å². The maximum atomic E-state index is 4.29. The summed E-state index contributed by atoms with van der Waals surface area (Å²) in [7, 11) is 2.01. The standard InChI is InChI=1S/C15H21N3/c1-4-12(2)13-5-7-14(8-6-13)17-11-15-16-9-10-18(15)3/h5-10,12,17H,4,11H2,1-3H3. The molecule has 0 aliphatic heterocycles. The number of hydrogen-bond donors (Lipinski definition) is 1. The van der Waals surface area contributed by atoms with Crippen molar-refractivity contribution in [1.82, 2.24) is 9.55 Å². The second-order valence-electron chi connectivity index (χ2n) is 4.74. The van der Waals surface area contributed by atoms with Gasteiger partial charge in [0.05, 0.1) is 6.54 Å². The van der Waals surface area contributed by atoms with Crippen LogP contribution in [0.25, 0.3) is 0 Å². The van der Waals surface area contributed by atoms with Crippen LogP contribution in [0.4, 0.5) is 5.69 Å². The van der Waals surface area contributed by atoms with E-state index in [-0.39, 0.29) is 0 Å². The van der Waals surface area contributed by atoms with Crippen molar-refractivity contribution in [3.05, 3.63) is 48.0 Å². The van der Waals surface area contributed by atoms with E-state index >= 15 is 0 Å². The molecule has 0 aliphatic rings. The van der Waals surface area contributed by atoms with E-state index in [0.29, 0.717) is 5.92 Å². The van der Waals surface area contributed by atoms with E-state index in [0.717, 1.165) is 18.1 Å². The van der Waals surface area contributed by atoms with Gasteiger partial charge in [0.15, 0.2) is 0 Å². The van der Waals surface area contributed by atoms with Gasteiger partial charge >= 0.3 is 0 Å². The van der Waals surface area contributed by atoms with Gasteiger partial charge in [-0.3, -0.25) is 0 Å². The minimum Gasteiger partial charge on any atom is -0.378 e. The average Bonchev–Trinajstić information content (AvgIpc) is 2.81. The summed E-state index contributed by atoms with van der Waals surface area (Å²) in [5.74, 6) is 1.68. The first-order valence-electron chi connectivity index (χ1n) is 6.50. The van der Waals surface area contributed by atoms with E-state index in [2.05, 4.69) is 48.4 Å². The van der Waals surface area contributed by atoms with Crippen LogP contribution >= 0.6 is 0 Å². The summed E-state index contributed by atoms with van der Waals surface area (Å²) < 4.78 is 2.03. The summed E-state index contributed by atoms with van der Waals surface area (Å²) in [6.45, 7) is 5.24. The Bertz CT molecular complexity index is 485. The molecular weight excluding hydrogens is 222 g/mol. The lowest BCUT2D eigenvalue weighted by atomic mass is 9.99. The minimum atomic E-state index is 0.633. The predicted octanol–water partition coefficient (Wildman–Crippen LogP) is 3.55. The number of benzene rings is 1. The van der Waals surface area contributed by atoms with Crippen molar-refractivity contribution in [2.45, 2.75) is 32.7 Å². The molecule has 2 aromatic rings. The number of nitrogens with one attached hydrogen (secondary N) is 1. The third kappa shape index (κ3) is 2.92. The molecule has 1 heterocycles. The van der Waals surface area contributed by atoms with Crippen LogP contribution in [-0.4, -0.2) is 9.55 Å². The van der Waals surface area contributed by atoms with Crippen molar-refractivity contribution < 1.29 is 0 Å². The summed E-state index contributed by atoms with van der Waals surface area (Å²) >= 11 is 0. The molecule has 0 saturated heterocycles. The van der Waals surface area contributed by atoms with Gasteiger partial charge in [-0.05, 0) is 30.0 Å². The van der Waals surface area contributed by atoms with Crippen molar-refractivity contribution in [3.8, 4) is 0 Å². The predicted molar refractivity (Wildman–Crippen MR) is 75.7 cm³/mol. The lowest BCUT2D eigenvalue weighted by Crippen LogP contribution is -2.05. The zero-order chi connectivity index (χ0) is 13.0. The van der Waals surface area contributed by atoms with E-state index in [9.17, 15) is 0 Å². The number of nitrogens with zero attached hydrogens (tertiary/aromatic N) is 2. The molecule has 0 fully saturated rings. The molecule has 3 heteroatoms. The summed E-state index contributed by atoms with van der Waals surface area (Å²) in [5, 5.41) is 3.39. The van der Waals surface area contributed by atoms with Crippen LogP contribution in [-0.2, 0) is 13.6 Å². The van der Waals surface area contributed by atoms with Gasteiger partial charge in [-0.25, -0.2) is 4.98 Å². The van der Waals surface area contributed by atoms with Crippen molar-refractivity contribution in [2.24, 2.45) is 7.05 Å². The molecule has 3 nitrogen and oxygen atoms in total. The molecule has 0 aliphatic carbocycles. The SMILES string of the molecule is CCC(C)c1ccc(NCc2nccn2C)cc1.